The van der Waals surface area contributed by atoms with Crippen molar-refractivity contribution in [2.45, 2.75) is 12.5 Å². The summed E-state index contributed by atoms with van der Waals surface area (Å²) in [6.45, 7) is 0. The van der Waals surface area contributed by atoms with Crippen LogP contribution < -0.4 is 10.5 Å². The third-order valence-corrected chi connectivity index (χ3v) is 3.50. The lowest BCUT2D eigenvalue weighted by Gasteiger charge is -2.10. The summed E-state index contributed by atoms with van der Waals surface area (Å²) in [5, 5.41) is 2.06. The quantitative estimate of drug-likeness (QED) is 0.881. The highest BCUT2D eigenvalue weighted by atomic mass is 32.1. The maximum absolute atomic E-state index is 6.13. The zero-order valence-electron chi connectivity index (χ0n) is 9.22. The third-order valence-electron chi connectivity index (χ3n) is 2.50. The van der Waals surface area contributed by atoms with Crippen molar-refractivity contribution in [3.8, 4) is 5.75 Å². The first kappa shape index (κ1) is 11.2. The van der Waals surface area contributed by atoms with Gasteiger partial charge in [-0.3, -0.25) is 0 Å². The number of methoxy groups -OCH3 is 1. The molecule has 0 bridgehead atoms. The highest BCUT2D eigenvalue weighted by molar-refractivity contribution is 7.10. The lowest BCUT2D eigenvalue weighted by Crippen LogP contribution is -2.11. The first-order chi connectivity index (χ1) is 7.79. The molecule has 1 heterocycles. The van der Waals surface area contributed by atoms with Crippen molar-refractivity contribution in [3.63, 3.8) is 0 Å². The number of hydrogen-bond acceptors (Lipinski definition) is 3. The van der Waals surface area contributed by atoms with Gasteiger partial charge in [-0.1, -0.05) is 18.2 Å². The van der Waals surface area contributed by atoms with Crippen LogP contribution in [0.15, 0.2) is 41.8 Å². The third kappa shape index (κ3) is 2.62. The summed E-state index contributed by atoms with van der Waals surface area (Å²) in [7, 11) is 1.68. The number of rotatable bonds is 4. The van der Waals surface area contributed by atoms with Crippen molar-refractivity contribution in [1.29, 1.82) is 0 Å². The average Bonchev–Trinajstić information content (AvgIpc) is 2.83. The Morgan fingerprint density at radius 2 is 2.19 bits per heavy atom. The molecule has 0 radical (unpaired) electrons. The number of benzene rings is 1. The highest BCUT2D eigenvalue weighted by Gasteiger charge is 2.08. The van der Waals surface area contributed by atoms with E-state index in [0.717, 1.165) is 12.2 Å². The maximum atomic E-state index is 6.13. The molecule has 1 atom stereocenters. The first-order valence-corrected chi connectivity index (χ1v) is 6.09. The number of ether oxygens (including phenoxy) is 1. The predicted octanol–water partition coefficient (Wildman–Crippen LogP) is 3.00. The minimum atomic E-state index is 0.0760. The van der Waals surface area contributed by atoms with Gasteiger partial charge in [0.2, 0.25) is 0 Å². The molecule has 16 heavy (non-hydrogen) atoms. The smallest absolute Gasteiger partial charge is 0.119 e. The normalized spacial score (nSPS) is 12.4. The van der Waals surface area contributed by atoms with Gasteiger partial charge in [0.1, 0.15) is 5.75 Å². The molecule has 0 saturated heterocycles. The fourth-order valence-electron chi connectivity index (χ4n) is 1.66. The molecule has 2 nitrogen and oxygen atoms in total. The van der Waals surface area contributed by atoms with Crippen LogP contribution in [-0.4, -0.2) is 7.11 Å². The van der Waals surface area contributed by atoms with Gasteiger partial charge >= 0.3 is 0 Å². The molecule has 0 aliphatic carbocycles. The number of thiophene rings is 1. The fraction of sp³-hybridized carbons (Fsp3) is 0.231. The predicted molar refractivity (Wildman–Crippen MR) is 67.9 cm³/mol. The summed E-state index contributed by atoms with van der Waals surface area (Å²) in [4.78, 5) is 1.22. The van der Waals surface area contributed by atoms with Crippen molar-refractivity contribution in [2.75, 3.05) is 7.11 Å². The minimum Gasteiger partial charge on any atom is -0.497 e. The van der Waals surface area contributed by atoms with Gasteiger partial charge in [-0.25, -0.2) is 0 Å². The van der Waals surface area contributed by atoms with Crippen molar-refractivity contribution >= 4 is 11.3 Å². The number of nitrogens with two attached hydrogens (primary N) is 1. The van der Waals surface area contributed by atoms with Gasteiger partial charge in [-0.15, -0.1) is 11.3 Å². The average molecular weight is 233 g/mol. The van der Waals surface area contributed by atoms with E-state index >= 15 is 0 Å². The van der Waals surface area contributed by atoms with Crippen LogP contribution in [0.2, 0.25) is 0 Å². The lowest BCUT2D eigenvalue weighted by molar-refractivity contribution is 0.414. The number of hydrogen-bond donors (Lipinski definition) is 1. The molecular weight excluding hydrogens is 218 g/mol. The molecule has 2 N–H and O–H groups in total. The Kier molecular flexibility index (Phi) is 3.59. The lowest BCUT2D eigenvalue weighted by atomic mass is 10.1. The second-order valence-corrected chi connectivity index (χ2v) is 4.66. The van der Waals surface area contributed by atoms with Crippen LogP contribution in [0.3, 0.4) is 0 Å². The molecule has 2 aromatic rings. The van der Waals surface area contributed by atoms with Gasteiger partial charge in [-0.2, -0.15) is 0 Å². The van der Waals surface area contributed by atoms with Gasteiger partial charge in [0.25, 0.3) is 0 Å². The summed E-state index contributed by atoms with van der Waals surface area (Å²) in [6, 6.07) is 12.2. The summed E-state index contributed by atoms with van der Waals surface area (Å²) in [5.41, 5.74) is 7.34. The Labute approximate surface area is 99.7 Å². The van der Waals surface area contributed by atoms with Gasteiger partial charge in [0, 0.05) is 10.9 Å². The van der Waals surface area contributed by atoms with Crippen LogP contribution in [0.25, 0.3) is 0 Å². The monoisotopic (exact) mass is 233 g/mol. The van der Waals surface area contributed by atoms with E-state index in [1.54, 1.807) is 18.4 Å². The highest BCUT2D eigenvalue weighted by Crippen LogP contribution is 2.22. The van der Waals surface area contributed by atoms with Crippen LogP contribution in [0.1, 0.15) is 16.5 Å². The molecule has 0 spiro atoms. The maximum Gasteiger partial charge on any atom is 0.119 e. The summed E-state index contributed by atoms with van der Waals surface area (Å²) < 4.78 is 5.19. The van der Waals surface area contributed by atoms with Gasteiger partial charge in [0.05, 0.1) is 7.11 Å². The zero-order chi connectivity index (χ0) is 11.4. The van der Waals surface area contributed by atoms with E-state index in [4.69, 9.17) is 10.5 Å². The van der Waals surface area contributed by atoms with Crippen LogP contribution in [0, 0.1) is 0 Å². The Morgan fingerprint density at radius 1 is 1.31 bits per heavy atom. The van der Waals surface area contributed by atoms with E-state index in [-0.39, 0.29) is 6.04 Å². The van der Waals surface area contributed by atoms with E-state index in [1.165, 1.54) is 10.4 Å². The Morgan fingerprint density at radius 3 is 2.88 bits per heavy atom. The van der Waals surface area contributed by atoms with Crippen molar-refractivity contribution in [2.24, 2.45) is 5.73 Å². The minimum absolute atomic E-state index is 0.0760. The van der Waals surface area contributed by atoms with E-state index in [0.29, 0.717) is 0 Å². The topological polar surface area (TPSA) is 35.2 Å². The van der Waals surface area contributed by atoms with Crippen molar-refractivity contribution in [1.82, 2.24) is 0 Å². The first-order valence-electron chi connectivity index (χ1n) is 5.21. The molecular formula is C13H15NOS. The summed E-state index contributed by atoms with van der Waals surface area (Å²) in [6.07, 6.45) is 0.845. The second-order valence-electron chi connectivity index (χ2n) is 3.68. The fourth-order valence-corrected chi connectivity index (χ4v) is 2.39. The van der Waals surface area contributed by atoms with E-state index in [9.17, 15) is 0 Å². The molecule has 84 valence electrons. The summed E-state index contributed by atoms with van der Waals surface area (Å²) >= 11 is 1.70. The van der Waals surface area contributed by atoms with Crippen molar-refractivity contribution in [3.05, 3.63) is 52.2 Å². The van der Waals surface area contributed by atoms with Gasteiger partial charge < -0.3 is 10.5 Å². The van der Waals surface area contributed by atoms with E-state index < -0.39 is 0 Å². The Bertz CT molecular complexity index is 439. The Balaban J connectivity index is 2.08. The molecule has 2 rings (SSSR count). The van der Waals surface area contributed by atoms with Crippen LogP contribution in [0.5, 0.6) is 5.75 Å². The van der Waals surface area contributed by atoms with Crippen LogP contribution >= 0.6 is 11.3 Å². The van der Waals surface area contributed by atoms with Crippen LogP contribution in [0.4, 0.5) is 0 Å². The molecule has 0 fully saturated rings. The van der Waals surface area contributed by atoms with Gasteiger partial charge in [-0.05, 0) is 35.6 Å². The zero-order valence-corrected chi connectivity index (χ0v) is 10.0. The molecule has 1 unspecified atom stereocenters. The van der Waals surface area contributed by atoms with Crippen LogP contribution in [-0.2, 0) is 6.42 Å². The molecule has 0 aliphatic rings. The molecule has 3 heteroatoms. The van der Waals surface area contributed by atoms with E-state index in [2.05, 4.69) is 17.5 Å². The molecule has 1 aromatic carbocycles. The standard InChI is InChI=1S/C13H15NOS/c1-15-11-5-2-4-10(8-11)9-12(14)13-6-3-7-16-13/h2-8,12H,9,14H2,1H3. The molecule has 0 aliphatic heterocycles. The van der Waals surface area contributed by atoms with Crippen molar-refractivity contribution < 1.29 is 4.74 Å². The Hall–Kier alpha value is -1.32. The molecule has 1 aromatic heterocycles. The second kappa shape index (κ2) is 5.14. The molecule has 0 amide bonds. The van der Waals surface area contributed by atoms with Gasteiger partial charge in [0.15, 0.2) is 0 Å². The van der Waals surface area contributed by atoms with E-state index in [1.807, 2.05) is 24.3 Å². The molecule has 0 saturated carbocycles. The SMILES string of the molecule is COc1cccc(CC(N)c2cccs2)c1. The largest absolute Gasteiger partial charge is 0.497 e. The summed E-state index contributed by atoms with van der Waals surface area (Å²) in [5.74, 6) is 0.885.